The molecule has 0 saturated heterocycles. The summed E-state index contributed by atoms with van der Waals surface area (Å²) in [6, 6.07) is 3.68. The molecule has 0 aliphatic heterocycles. The molecule has 0 atom stereocenters. The number of nitrogens with one attached hydrogen (secondary N) is 1. The number of aliphatic hydroxyl groups excluding tert-OH is 1. The van der Waals surface area contributed by atoms with Gasteiger partial charge in [0.1, 0.15) is 5.82 Å². The van der Waals surface area contributed by atoms with Crippen LogP contribution < -0.4 is 11.1 Å². The third-order valence-electron chi connectivity index (χ3n) is 1.93. The van der Waals surface area contributed by atoms with Crippen molar-refractivity contribution in [2.75, 3.05) is 24.2 Å². The van der Waals surface area contributed by atoms with E-state index in [4.69, 9.17) is 10.8 Å². The zero-order valence-corrected chi connectivity index (χ0v) is 8.24. The number of anilines is 2. The average Bonchev–Trinajstić information content (AvgIpc) is 2.21. The van der Waals surface area contributed by atoms with Gasteiger partial charge in [-0.15, -0.1) is 0 Å². The summed E-state index contributed by atoms with van der Waals surface area (Å²) in [6.45, 7) is 1.16. The van der Waals surface area contributed by atoms with Crippen LogP contribution in [0.5, 0.6) is 0 Å². The van der Waals surface area contributed by atoms with Crippen molar-refractivity contribution in [1.82, 2.24) is 4.98 Å². The predicted molar refractivity (Wildman–Crippen MR) is 58.1 cm³/mol. The number of pyridine rings is 1. The molecule has 1 rings (SSSR count). The van der Waals surface area contributed by atoms with Crippen molar-refractivity contribution in [3.05, 3.63) is 18.3 Å². The first-order valence-electron chi connectivity index (χ1n) is 4.89. The van der Waals surface area contributed by atoms with Gasteiger partial charge in [-0.1, -0.05) is 0 Å². The highest BCUT2D eigenvalue weighted by Crippen LogP contribution is 2.06. The minimum absolute atomic E-state index is 0.278. The molecule has 1 aromatic rings. The number of hydrogen-bond acceptors (Lipinski definition) is 4. The van der Waals surface area contributed by atoms with Crippen LogP contribution in [-0.4, -0.2) is 23.2 Å². The molecule has 0 aromatic carbocycles. The summed E-state index contributed by atoms with van der Waals surface area (Å²) in [5.74, 6) is 0.850. The second-order valence-electron chi connectivity index (χ2n) is 3.19. The van der Waals surface area contributed by atoms with Crippen molar-refractivity contribution in [2.45, 2.75) is 19.3 Å². The lowest BCUT2D eigenvalue weighted by Gasteiger charge is -2.04. The fraction of sp³-hybridized carbons (Fsp3) is 0.500. The van der Waals surface area contributed by atoms with Gasteiger partial charge < -0.3 is 16.2 Å². The molecule has 0 spiro atoms. The first kappa shape index (κ1) is 10.8. The topological polar surface area (TPSA) is 71.2 Å². The quantitative estimate of drug-likeness (QED) is 0.597. The highest BCUT2D eigenvalue weighted by atomic mass is 16.2. The van der Waals surface area contributed by atoms with Gasteiger partial charge in [0.2, 0.25) is 0 Å². The molecule has 0 amide bonds. The standard InChI is InChI=1S/C10H17N3O/c11-9-4-5-10(13-8-9)12-6-2-1-3-7-14/h4-5,8,14H,1-3,6-7,11H2,(H,12,13). The number of aliphatic hydroxyl groups is 1. The van der Waals surface area contributed by atoms with E-state index in [-0.39, 0.29) is 6.61 Å². The van der Waals surface area contributed by atoms with Gasteiger partial charge in [0.15, 0.2) is 0 Å². The Morgan fingerprint density at radius 2 is 2.14 bits per heavy atom. The van der Waals surface area contributed by atoms with Crippen molar-refractivity contribution >= 4 is 11.5 Å². The lowest BCUT2D eigenvalue weighted by molar-refractivity contribution is 0.283. The van der Waals surface area contributed by atoms with Crippen LogP contribution in [0, 0.1) is 0 Å². The van der Waals surface area contributed by atoms with Gasteiger partial charge in [0.05, 0.1) is 11.9 Å². The lowest BCUT2D eigenvalue weighted by Crippen LogP contribution is -2.03. The third kappa shape index (κ3) is 4.09. The number of rotatable bonds is 6. The zero-order valence-electron chi connectivity index (χ0n) is 8.24. The Morgan fingerprint density at radius 1 is 1.29 bits per heavy atom. The highest BCUT2D eigenvalue weighted by Gasteiger charge is 1.92. The molecular formula is C10H17N3O. The van der Waals surface area contributed by atoms with Gasteiger partial charge in [-0.2, -0.15) is 0 Å². The number of hydrogen-bond donors (Lipinski definition) is 3. The lowest BCUT2D eigenvalue weighted by atomic mass is 10.2. The summed E-state index contributed by atoms with van der Waals surface area (Å²) < 4.78 is 0. The smallest absolute Gasteiger partial charge is 0.126 e. The summed E-state index contributed by atoms with van der Waals surface area (Å²) in [4.78, 5) is 4.11. The Balaban J connectivity index is 2.15. The van der Waals surface area contributed by atoms with E-state index in [1.54, 1.807) is 6.20 Å². The van der Waals surface area contributed by atoms with Gasteiger partial charge >= 0.3 is 0 Å². The maximum atomic E-state index is 8.57. The van der Waals surface area contributed by atoms with E-state index < -0.39 is 0 Å². The molecule has 78 valence electrons. The predicted octanol–water partition coefficient (Wildman–Crippen LogP) is 1.24. The van der Waals surface area contributed by atoms with Crippen LogP contribution in [0.2, 0.25) is 0 Å². The highest BCUT2D eigenvalue weighted by molar-refractivity contribution is 5.43. The van der Waals surface area contributed by atoms with Gasteiger partial charge in [-0.3, -0.25) is 0 Å². The van der Waals surface area contributed by atoms with E-state index in [1.807, 2.05) is 12.1 Å². The molecule has 1 aromatic heterocycles. The van der Waals surface area contributed by atoms with Crippen LogP contribution in [0.25, 0.3) is 0 Å². The van der Waals surface area contributed by atoms with Crippen molar-refractivity contribution in [3.8, 4) is 0 Å². The maximum Gasteiger partial charge on any atom is 0.126 e. The van der Waals surface area contributed by atoms with Crippen LogP contribution >= 0.6 is 0 Å². The van der Waals surface area contributed by atoms with Gasteiger partial charge in [0, 0.05) is 13.2 Å². The first-order valence-corrected chi connectivity index (χ1v) is 4.89. The Bertz CT molecular complexity index is 248. The minimum atomic E-state index is 0.278. The Morgan fingerprint density at radius 3 is 2.79 bits per heavy atom. The molecule has 1 heterocycles. The second-order valence-corrected chi connectivity index (χ2v) is 3.19. The van der Waals surface area contributed by atoms with Crippen LogP contribution in [-0.2, 0) is 0 Å². The number of aromatic nitrogens is 1. The van der Waals surface area contributed by atoms with Crippen LogP contribution in [0.3, 0.4) is 0 Å². The number of nitrogens with zero attached hydrogens (tertiary/aromatic N) is 1. The SMILES string of the molecule is Nc1ccc(NCCCCCO)nc1. The zero-order chi connectivity index (χ0) is 10.2. The molecule has 14 heavy (non-hydrogen) atoms. The molecule has 4 nitrogen and oxygen atoms in total. The monoisotopic (exact) mass is 195 g/mol. The summed E-state index contributed by atoms with van der Waals surface area (Å²) >= 11 is 0. The summed E-state index contributed by atoms with van der Waals surface area (Å²) in [7, 11) is 0. The largest absolute Gasteiger partial charge is 0.397 e. The first-order chi connectivity index (χ1) is 6.83. The molecule has 0 radical (unpaired) electrons. The van der Waals surface area contributed by atoms with E-state index >= 15 is 0 Å². The van der Waals surface area contributed by atoms with Crippen LogP contribution in [0.4, 0.5) is 11.5 Å². The average molecular weight is 195 g/mol. The van der Waals surface area contributed by atoms with Crippen molar-refractivity contribution < 1.29 is 5.11 Å². The summed E-state index contributed by atoms with van der Waals surface area (Å²) in [5, 5.41) is 11.7. The Kier molecular flexibility index (Phi) is 4.78. The maximum absolute atomic E-state index is 8.57. The fourth-order valence-electron chi connectivity index (χ4n) is 1.14. The van der Waals surface area contributed by atoms with E-state index in [0.29, 0.717) is 5.69 Å². The van der Waals surface area contributed by atoms with Crippen LogP contribution in [0.1, 0.15) is 19.3 Å². The fourth-order valence-corrected chi connectivity index (χ4v) is 1.14. The van der Waals surface area contributed by atoms with E-state index in [9.17, 15) is 0 Å². The van der Waals surface area contributed by atoms with E-state index in [1.165, 1.54) is 0 Å². The molecular weight excluding hydrogens is 178 g/mol. The minimum Gasteiger partial charge on any atom is -0.397 e. The molecule has 4 heteroatoms. The number of nitrogens with two attached hydrogens (primary N) is 1. The Hall–Kier alpha value is -1.29. The van der Waals surface area contributed by atoms with Crippen molar-refractivity contribution in [1.29, 1.82) is 0 Å². The second kappa shape index (κ2) is 6.21. The molecule has 0 bridgehead atoms. The molecule has 0 unspecified atom stereocenters. The molecule has 0 aliphatic rings. The summed E-state index contributed by atoms with van der Waals surface area (Å²) in [5.41, 5.74) is 6.18. The van der Waals surface area contributed by atoms with Crippen molar-refractivity contribution in [3.63, 3.8) is 0 Å². The van der Waals surface area contributed by atoms with E-state index in [2.05, 4.69) is 10.3 Å². The molecule has 0 saturated carbocycles. The normalized spacial score (nSPS) is 10.1. The molecule has 0 fully saturated rings. The Labute approximate surface area is 84.2 Å². The van der Waals surface area contributed by atoms with Gasteiger partial charge in [0.25, 0.3) is 0 Å². The molecule has 4 N–H and O–H groups in total. The van der Waals surface area contributed by atoms with Gasteiger partial charge in [-0.05, 0) is 31.4 Å². The van der Waals surface area contributed by atoms with Gasteiger partial charge in [-0.25, -0.2) is 4.98 Å². The van der Waals surface area contributed by atoms with Crippen LogP contribution in [0.15, 0.2) is 18.3 Å². The number of unbranched alkanes of at least 4 members (excludes halogenated alkanes) is 2. The summed E-state index contributed by atoms with van der Waals surface area (Å²) in [6.07, 6.45) is 4.60. The third-order valence-corrected chi connectivity index (χ3v) is 1.93. The van der Waals surface area contributed by atoms with E-state index in [0.717, 1.165) is 31.6 Å². The molecule has 0 aliphatic carbocycles. The van der Waals surface area contributed by atoms with Crippen molar-refractivity contribution in [2.24, 2.45) is 0 Å². The number of nitrogen functional groups attached to an aromatic ring is 1.